The minimum absolute atomic E-state index is 0.373. The summed E-state index contributed by atoms with van der Waals surface area (Å²) in [5.41, 5.74) is 4.98. The van der Waals surface area contributed by atoms with Gasteiger partial charge in [-0.15, -0.1) is 0 Å². The lowest BCUT2D eigenvalue weighted by Gasteiger charge is -2.32. The van der Waals surface area contributed by atoms with E-state index < -0.39 is 36.7 Å². The highest BCUT2D eigenvalue weighted by atomic mass is 19.4. The molecule has 0 aromatic rings. The Labute approximate surface area is 98.6 Å². The van der Waals surface area contributed by atoms with Crippen molar-refractivity contribution in [3.8, 4) is 0 Å². The van der Waals surface area contributed by atoms with E-state index in [1.807, 2.05) is 0 Å². The molecular weight excluding hydrogens is 237 g/mol. The molecule has 1 atom stereocenters. The van der Waals surface area contributed by atoms with Gasteiger partial charge in [-0.1, -0.05) is 20.8 Å². The molecular formula is C10H19F3N2O2. The van der Waals surface area contributed by atoms with E-state index in [2.05, 4.69) is 0 Å². The van der Waals surface area contributed by atoms with Crippen molar-refractivity contribution in [3.05, 3.63) is 0 Å². The number of halogens is 3. The van der Waals surface area contributed by atoms with Gasteiger partial charge in [-0.2, -0.15) is 13.2 Å². The Hall–Kier alpha value is -0.820. The molecule has 0 rings (SSSR count). The molecule has 17 heavy (non-hydrogen) atoms. The summed E-state index contributed by atoms with van der Waals surface area (Å²) in [5.74, 6) is -0.802. The summed E-state index contributed by atoms with van der Waals surface area (Å²) >= 11 is 0. The topological polar surface area (TPSA) is 66.6 Å². The van der Waals surface area contributed by atoms with Gasteiger partial charge in [0, 0.05) is 6.54 Å². The van der Waals surface area contributed by atoms with Crippen LogP contribution >= 0.6 is 0 Å². The SMILES string of the molecule is CC(C)(C)C(N)C(=O)N(CCO)CC(F)(F)F. The average Bonchev–Trinajstić information content (AvgIpc) is 2.11. The van der Waals surface area contributed by atoms with Crippen molar-refractivity contribution < 1.29 is 23.1 Å². The quantitative estimate of drug-likeness (QED) is 0.779. The Morgan fingerprint density at radius 2 is 1.82 bits per heavy atom. The number of amides is 1. The standard InChI is InChI=1S/C10H19F3N2O2/c1-9(2,3)7(14)8(17)15(4-5-16)6-10(11,12)13/h7,16H,4-6,14H2,1-3H3. The molecule has 7 heteroatoms. The smallest absolute Gasteiger partial charge is 0.395 e. The normalized spacial score (nSPS) is 14.6. The molecule has 0 aliphatic carbocycles. The number of carbonyl (C=O) groups excluding carboxylic acids is 1. The molecule has 102 valence electrons. The van der Waals surface area contributed by atoms with Crippen LogP contribution in [0.1, 0.15) is 20.8 Å². The zero-order chi connectivity index (χ0) is 13.9. The van der Waals surface area contributed by atoms with E-state index in [9.17, 15) is 18.0 Å². The van der Waals surface area contributed by atoms with Gasteiger partial charge in [0.2, 0.25) is 5.91 Å². The van der Waals surface area contributed by atoms with E-state index in [0.29, 0.717) is 4.90 Å². The second-order valence-electron chi connectivity index (χ2n) is 4.94. The van der Waals surface area contributed by atoms with Crippen LogP contribution in [-0.4, -0.2) is 47.8 Å². The van der Waals surface area contributed by atoms with Crippen LogP contribution in [0.25, 0.3) is 0 Å². The molecule has 1 amide bonds. The highest BCUT2D eigenvalue weighted by Gasteiger charge is 2.37. The van der Waals surface area contributed by atoms with Crippen molar-refractivity contribution in [1.82, 2.24) is 4.90 Å². The number of hydrogen-bond donors (Lipinski definition) is 2. The van der Waals surface area contributed by atoms with Gasteiger partial charge >= 0.3 is 6.18 Å². The van der Waals surface area contributed by atoms with E-state index in [4.69, 9.17) is 10.8 Å². The lowest BCUT2D eigenvalue weighted by atomic mass is 9.86. The van der Waals surface area contributed by atoms with Crippen molar-refractivity contribution in [2.45, 2.75) is 33.0 Å². The first kappa shape index (κ1) is 16.2. The van der Waals surface area contributed by atoms with Crippen molar-refractivity contribution in [1.29, 1.82) is 0 Å². The molecule has 3 N–H and O–H groups in total. The molecule has 0 aliphatic heterocycles. The molecule has 0 bridgehead atoms. The predicted molar refractivity (Wildman–Crippen MR) is 57.2 cm³/mol. The molecule has 0 spiro atoms. The number of hydrogen-bond acceptors (Lipinski definition) is 3. The maximum absolute atomic E-state index is 12.2. The zero-order valence-electron chi connectivity index (χ0n) is 10.2. The summed E-state index contributed by atoms with van der Waals surface area (Å²) in [5, 5.41) is 8.66. The van der Waals surface area contributed by atoms with Gasteiger partial charge in [-0.3, -0.25) is 4.79 Å². The highest BCUT2D eigenvalue weighted by Crippen LogP contribution is 2.22. The van der Waals surface area contributed by atoms with E-state index in [0.717, 1.165) is 0 Å². The Morgan fingerprint density at radius 1 is 1.35 bits per heavy atom. The third kappa shape index (κ3) is 5.88. The molecule has 0 saturated carbocycles. The number of aliphatic hydroxyl groups is 1. The van der Waals surface area contributed by atoms with Gasteiger partial charge < -0.3 is 15.7 Å². The number of nitrogens with two attached hydrogens (primary N) is 1. The molecule has 1 unspecified atom stereocenters. The summed E-state index contributed by atoms with van der Waals surface area (Å²) in [7, 11) is 0. The number of carbonyl (C=O) groups is 1. The predicted octanol–water partition coefficient (Wildman–Crippen LogP) is 0.743. The Balaban J connectivity index is 4.77. The maximum Gasteiger partial charge on any atom is 0.406 e. The molecule has 0 radical (unpaired) electrons. The second-order valence-corrected chi connectivity index (χ2v) is 4.94. The number of alkyl halides is 3. The summed E-state index contributed by atoms with van der Waals surface area (Å²) in [6, 6.07) is -1.03. The number of nitrogens with zero attached hydrogens (tertiary/aromatic N) is 1. The summed E-state index contributed by atoms with van der Waals surface area (Å²) in [4.78, 5) is 12.3. The van der Waals surface area contributed by atoms with Crippen molar-refractivity contribution in [3.63, 3.8) is 0 Å². The van der Waals surface area contributed by atoms with Crippen LogP contribution in [0.2, 0.25) is 0 Å². The molecule has 0 aliphatic rings. The molecule has 0 heterocycles. The van der Waals surface area contributed by atoms with Crippen molar-refractivity contribution in [2.24, 2.45) is 11.1 Å². The molecule has 0 fully saturated rings. The van der Waals surface area contributed by atoms with E-state index in [-0.39, 0.29) is 6.54 Å². The van der Waals surface area contributed by atoms with Gasteiger partial charge in [0.05, 0.1) is 12.6 Å². The third-order valence-corrected chi connectivity index (χ3v) is 2.25. The van der Waals surface area contributed by atoms with Crippen LogP contribution in [-0.2, 0) is 4.79 Å². The highest BCUT2D eigenvalue weighted by molar-refractivity contribution is 5.82. The van der Waals surface area contributed by atoms with Crippen LogP contribution in [0.5, 0.6) is 0 Å². The van der Waals surface area contributed by atoms with E-state index in [1.165, 1.54) is 0 Å². The van der Waals surface area contributed by atoms with Crippen LogP contribution in [0, 0.1) is 5.41 Å². The van der Waals surface area contributed by atoms with Crippen LogP contribution in [0.15, 0.2) is 0 Å². The molecule has 4 nitrogen and oxygen atoms in total. The van der Waals surface area contributed by atoms with Crippen molar-refractivity contribution >= 4 is 5.91 Å². The fourth-order valence-corrected chi connectivity index (χ4v) is 1.17. The summed E-state index contributed by atoms with van der Waals surface area (Å²) in [6.07, 6.45) is -4.50. The molecule has 0 saturated heterocycles. The number of aliphatic hydroxyl groups excluding tert-OH is 1. The number of rotatable bonds is 4. The first-order valence-corrected chi connectivity index (χ1v) is 5.21. The largest absolute Gasteiger partial charge is 0.406 e. The lowest BCUT2D eigenvalue weighted by molar-refractivity contribution is -0.164. The zero-order valence-corrected chi connectivity index (χ0v) is 10.2. The summed E-state index contributed by atoms with van der Waals surface area (Å²) in [6.45, 7) is 2.71. The van der Waals surface area contributed by atoms with Crippen molar-refractivity contribution in [2.75, 3.05) is 19.7 Å². The minimum atomic E-state index is -4.50. The maximum atomic E-state index is 12.2. The van der Waals surface area contributed by atoms with Crippen LogP contribution in [0.3, 0.4) is 0 Å². The Bertz CT molecular complexity index is 261. The fraction of sp³-hybridized carbons (Fsp3) is 0.900. The van der Waals surface area contributed by atoms with Gasteiger partial charge in [0.15, 0.2) is 0 Å². The third-order valence-electron chi connectivity index (χ3n) is 2.25. The minimum Gasteiger partial charge on any atom is -0.395 e. The van der Waals surface area contributed by atoms with Crippen LogP contribution < -0.4 is 5.73 Å². The first-order chi connectivity index (χ1) is 7.49. The van der Waals surface area contributed by atoms with Gasteiger partial charge in [-0.25, -0.2) is 0 Å². The van der Waals surface area contributed by atoms with Gasteiger partial charge in [0.1, 0.15) is 6.54 Å². The Kier molecular flexibility index (Phi) is 5.41. The lowest BCUT2D eigenvalue weighted by Crippen LogP contribution is -2.53. The van der Waals surface area contributed by atoms with E-state index in [1.54, 1.807) is 20.8 Å². The summed E-state index contributed by atoms with van der Waals surface area (Å²) < 4.78 is 36.7. The Morgan fingerprint density at radius 3 is 2.12 bits per heavy atom. The average molecular weight is 256 g/mol. The van der Waals surface area contributed by atoms with Gasteiger partial charge in [-0.05, 0) is 5.41 Å². The first-order valence-electron chi connectivity index (χ1n) is 5.21. The molecule has 0 aromatic heterocycles. The fourth-order valence-electron chi connectivity index (χ4n) is 1.17. The van der Waals surface area contributed by atoms with Crippen LogP contribution in [0.4, 0.5) is 13.2 Å². The van der Waals surface area contributed by atoms with E-state index >= 15 is 0 Å². The second kappa shape index (κ2) is 5.68. The van der Waals surface area contributed by atoms with Gasteiger partial charge in [0.25, 0.3) is 0 Å². The monoisotopic (exact) mass is 256 g/mol. The molecule has 0 aromatic carbocycles.